The van der Waals surface area contributed by atoms with Crippen molar-refractivity contribution in [2.24, 2.45) is 5.73 Å². The van der Waals surface area contributed by atoms with E-state index in [1.165, 1.54) is 12.1 Å². The van der Waals surface area contributed by atoms with Crippen molar-refractivity contribution in [3.05, 3.63) is 29.6 Å². The molecule has 1 atom stereocenters. The van der Waals surface area contributed by atoms with E-state index in [1.54, 1.807) is 13.2 Å². The average Bonchev–Trinajstić information content (AvgIpc) is 2.83. The lowest BCUT2D eigenvalue weighted by Crippen LogP contribution is -2.38. The molecule has 0 amide bonds. The van der Waals surface area contributed by atoms with Gasteiger partial charge in [0.2, 0.25) is 0 Å². The van der Waals surface area contributed by atoms with Crippen molar-refractivity contribution in [2.45, 2.75) is 18.9 Å². The maximum absolute atomic E-state index is 13.2. The highest BCUT2D eigenvalue weighted by Crippen LogP contribution is 2.29. The molecule has 0 radical (unpaired) electrons. The van der Waals surface area contributed by atoms with E-state index in [-0.39, 0.29) is 17.8 Å². The number of benzene rings is 1. The summed E-state index contributed by atoms with van der Waals surface area (Å²) in [5.74, 6) is 0.709. The van der Waals surface area contributed by atoms with Gasteiger partial charge in [0.15, 0.2) is 0 Å². The minimum Gasteiger partial charge on any atom is -0.488 e. The summed E-state index contributed by atoms with van der Waals surface area (Å²) in [7, 11) is 1.66. The second-order valence-electron chi connectivity index (χ2n) is 5.26. The van der Waals surface area contributed by atoms with Crippen LogP contribution in [0.15, 0.2) is 18.2 Å². The Morgan fingerprint density at radius 1 is 1.52 bits per heavy atom. The van der Waals surface area contributed by atoms with Gasteiger partial charge in [0, 0.05) is 45.1 Å². The second kappa shape index (κ2) is 7.38. The minimum absolute atomic E-state index is 0.00520. The van der Waals surface area contributed by atoms with E-state index in [1.807, 2.05) is 0 Å². The topological polar surface area (TPSA) is 71.6 Å². The molecule has 0 saturated carbocycles. The van der Waals surface area contributed by atoms with Crippen molar-refractivity contribution in [1.29, 1.82) is 5.41 Å². The fourth-order valence-electron chi connectivity index (χ4n) is 2.47. The van der Waals surface area contributed by atoms with Gasteiger partial charge < -0.3 is 15.2 Å². The summed E-state index contributed by atoms with van der Waals surface area (Å²) >= 11 is 0. The van der Waals surface area contributed by atoms with E-state index in [4.69, 9.17) is 20.6 Å². The third kappa shape index (κ3) is 4.68. The average molecular weight is 295 g/mol. The monoisotopic (exact) mass is 295 g/mol. The number of hydrogen-bond acceptors (Lipinski definition) is 4. The molecule has 116 valence electrons. The van der Waals surface area contributed by atoms with Crippen LogP contribution in [0.1, 0.15) is 12.0 Å². The van der Waals surface area contributed by atoms with Gasteiger partial charge in [-0.15, -0.1) is 0 Å². The Hall–Kier alpha value is -1.66. The molecule has 0 bridgehead atoms. The van der Waals surface area contributed by atoms with Crippen LogP contribution in [0.4, 0.5) is 4.39 Å². The Bertz CT molecular complexity index is 496. The van der Waals surface area contributed by atoms with Gasteiger partial charge in [-0.05, 0) is 18.2 Å². The summed E-state index contributed by atoms with van der Waals surface area (Å²) in [5, 5.41) is 7.33. The zero-order chi connectivity index (χ0) is 15.2. The largest absolute Gasteiger partial charge is 0.488 e. The molecule has 1 aromatic carbocycles. The molecule has 1 heterocycles. The van der Waals surface area contributed by atoms with Crippen molar-refractivity contribution < 1.29 is 13.9 Å². The molecule has 5 nitrogen and oxygen atoms in total. The molecular weight excluding hydrogens is 273 g/mol. The van der Waals surface area contributed by atoms with Gasteiger partial charge in [-0.2, -0.15) is 0 Å². The van der Waals surface area contributed by atoms with Gasteiger partial charge in [-0.3, -0.25) is 10.3 Å². The fourth-order valence-corrected chi connectivity index (χ4v) is 2.47. The lowest BCUT2D eigenvalue weighted by molar-refractivity contribution is 0.113. The zero-order valence-electron chi connectivity index (χ0n) is 12.3. The van der Waals surface area contributed by atoms with E-state index in [9.17, 15) is 4.39 Å². The van der Waals surface area contributed by atoms with Gasteiger partial charge >= 0.3 is 0 Å². The van der Waals surface area contributed by atoms with Crippen LogP contribution in [0, 0.1) is 11.2 Å². The number of nitrogens with two attached hydrogens (primary N) is 1. The third-order valence-electron chi connectivity index (χ3n) is 3.53. The first-order chi connectivity index (χ1) is 10.1. The number of hydrogen-bond donors (Lipinski definition) is 2. The highest BCUT2D eigenvalue weighted by Gasteiger charge is 2.25. The quantitative estimate of drug-likeness (QED) is 0.562. The van der Waals surface area contributed by atoms with Crippen LogP contribution in [0.2, 0.25) is 0 Å². The lowest BCUT2D eigenvalue weighted by atomic mass is 10.1. The van der Waals surface area contributed by atoms with Crippen molar-refractivity contribution in [3.8, 4) is 5.75 Å². The van der Waals surface area contributed by atoms with Crippen LogP contribution in [-0.4, -0.2) is 50.2 Å². The zero-order valence-corrected chi connectivity index (χ0v) is 12.3. The Balaban J connectivity index is 1.90. The van der Waals surface area contributed by atoms with Crippen molar-refractivity contribution >= 4 is 5.84 Å². The van der Waals surface area contributed by atoms with Crippen LogP contribution in [-0.2, 0) is 11.2 Å². The Kier molecular flexibility index (Phi) is 5.52. The van der Waals surface area contributed by atoms with E-state index in [0.717, 1.165) is 17.9 Å². The highest BCUT2D eigenvalue weighted by atomic mass is 19.1. The number of methoxy groups -OCH3 is 1. The van der Waals surface area contributed by atoms with Crippen LogP contribution in [0.25, 0.3) is 0 Å². The molecule has 21 heavy (non-hydrogen) atoms. The predicted octanol–water partition coefficient (Wildman–Crippen LogP) is 1.40. The van der Waals surface area contributed by atoms with Crippen LogP contribution in [0.5, 0.6) is 5.75 Å². The normalized spacial score (nSPS) is 16.8. The first-order valence-electron chi connectivity index (χ1n) is 7.07. The van der Waals surface area contributed by atoms with Crippen molar-refractivity contribution in [3.63, 3.8) is 0 Å². The molecule has 1 unspecified atom stereocenters. The van der Waals surface area contributed by atoms with Gasteiger partial charge in [-0.25, -0.2) is 4.39 Å². The molecule has 0 fully saturated rings. The summed E-state index contributed by atoms with van der Waals surface area (Å²) in [4.78, 5) is 2.16. The minimum atomic E-state index is -0.231. The summed E-state index contributed by atoms with van der Waals surface area (Å²) in [5.41, 5.74) is 6.33. The second-order valence-corrected chi connectivity index (χ2v) is 5.26. The molecule has 1 aliphatic rings. The van der Waals surface area contributed by atoms with Crippen LogP contribution >= 0.6 is 0 Å². The first-order valence-corrected chi connectivity index (χ1v) is 7.07. The van der Waals surface area contributed by atoms with E-state index >= 15 is 0 Å². The summed E-state index contributed by atoms with van der Waals surface area (Å²) in [6, 6.07) is 4.63. The molecule has 6 heteroatoms. The molecule has 3 N–H and O–H groups in total. The maximum Gasteiger partial charge on any atom is 0.123 e. The van der Waals surface area contributed by atoms with E-state index in [0.29, 0.717) is 32.5 Å². The SMILES string of the molecule is COCCN(CCC(=N)N)CC1Cc2cc(F)ccc2O1. The molecule has 0 saturated heterocycles. The molecule has 0 spiro atoms. The first kappa shape index (κ1) is 15.7. The summed E-state index contributed by atoms with van der Waals surface area (Å²) < 4.78 is 24.2. The number of nitrogens with one attached hydrogen (secondary N) is 1. The lowest BCUT2D eigenvalue weighted by Gasteiger charge is -2.24. The highest BCUT2D eigenvalue weighted by molar-refractivity contribution is 5.76. The molecule has 1 aromatic rings. The van der Waals surface area contributed by atoms with E-state index in [2.05, 4.69) is 4.90 Å². The number of amidine groups is 1. The maximum atomic E-state index is 13.2. The Morgan fingerprint density at radius 2 is 2.33 bits per heavy atom. The van der Waals surface area contributed by atoms with Crippen molar-refractivity contribution in [1.82, 2.24) is 4.90 Å². The predicted molar refractivity (Wildman–Crippen MR) is 79.4 cm³/mol. The van der Waals surface area contributed by atoms with Crippen molar-refractivity contribution in [2.75, 3.05) is 33.4 Å². The van der Waals surface area contributed by atoms with Crippen LogP contribution in [0.3, 0.4) is 0 Å². The Morgan fingerprint density at radius 3 is 3.05 bits per heavy atom. The summed E-state index contributed by atoms with van der Waals surface area (Å²) in [6.45, 7) is 2.79. The molecule has 0 aromatic heterocycles. The number of fused-ring (bicyclic) bond motifs is 1. The van der Waals surface area contributed by atoms with Gasteiger partial charge in [0.05, 0.1) is 12.4 Å². The Labute approximate surface area is 124 Å². The molecule has 2 rings (SSSR count). The van der Waals surface area contributed by atoms with Gasteiger partial charge in [-0.1, -0.05) is 0 Å². The number of nitrogens with zero attached hydrogens (tertiary/aromatic N) is 1. The number of halogens is 1. The fraction of sp³-hybridized carbons (Fsp3) is 0.533. The third-order valence-corrected chi connectivity index (χ3v) is 3.53. The molecule has 1 aliphatic heterocycles. The summed E-state index contributed by atoms with van der Waals surface area (Å²) in [6.07, 6.45) is 1.24. The number of rotatable bonds is 8. The van der Waals surface area contributed by atoms with Gasteiger partial charge in [0.1, 0.15) is 17.7 Å². The molecule has 0 aliphatic carbocycles. The number of ether oxygens (including phenoxy) is 2. The van der Waals surface area contributed by atoms with E-state index < -0.39 is 0 Å². The molecular formula is C15H22FN3O2. The van der Waals surface area contributed by atoms with Gasteiger partial charge in [0.25, 0.3) is 0 Å². The van der Waals surface area contributed by atoms with Crippen LogP contribution < -0.4 is 10.5 Å². The standard InChI is InChI=1S/C15H22FN3O2/c1-20-7-6-19(5-4-15(17)18)10-13-9-11-8-12(16)2-3-14(11)21-13/h2-3,8,13H,4-7,9-10H2,1H3,(H3,17,18). The smallest absolute Gasteiger partial charge is 0.123 e.